The van der Waals surface area contributed by atoms with Crippen molar-refractivity contribution in [2.45, 2.75) is 13.0 Å². The van der Waals surface area contributed by atoms with Gasteiger partial charge in [0, 0.05) is 18.5 Å². The first-order chi connectivity index (χ1) is 11.6. The summed E-state index contributed by atoms with van der Waals surface area (Å²) < 4.78 is 4.76. The number of carbonyl (C=O) groups is 2. The van der Waals surface area contributed by atoms with Crippen molar-refractivity contribution >= 4 is 23.3 Å². The minimum absolute atomic E-state index is 0.0211. The van der Waals surface area contributed by atoms with Crippen molar-refractivity contribution in [3.05, 3.63) is 60.2 Å². The lowest BCUT2D eigenvalue weighted by atomic mass is 10.1. The molecule has 126 valence electrons. The molecule has 0 saturated heterocycles. The van der Waals surface area contributed by atoms with Gasteiger partial charge in [0.2, 0.25) is 5.91 Å². The van der Waals surface area contributed by atoms with Crippen LogP contribution in [-0.4, -0.2) is 25.7 Å². The summed E-state index contributed by atoms with van der Waals surface area (Å²) in [6.45, 7) is 1.89. The summed E-state index contributed by atoms with van der Waals surface area (Å²) in [4.78, 5) is 23.6. The number of hydrogen-bond acceptors (Lipinski definition) is 3. The summed E-state index contributed by atoms with van der Waals surface area (Å²) in [6, 6.07) is 16.2. The van der Waals surface area contributed by atoms with E-state index in [4.69, 9.17) is 4.74 Å². The molecule has 24 heavy (non-hydrogen) atoms. The summed E-state index contributed by atoms with van der Waals surface area (Å²) in [5.41, 5.74) is 2.20. The van der Waals surface area contributed by atoms with Gasteiger partial charge in [0.1, 0.15) is 6.61 Å². The van der Waals surface area contributed by atoms with Crippen molar-refractivity contribution in [1.82, 2.24) is 5.32 Å². The van der Waals surface area contributed by atoms with Crippen LogP contribution in [0.15, 0.2) is 54.6 Å². The fraction of sp³-hybridized carbons (Fsp3) is 0.222. The molecular formula is C18H21N3O3. The van der Waals surface area contributed by atoms with E-state index in [0.717, 1.165) is 5.56 Å². The SMILES string of the molecule is COCC(=O)Nc1cccc(NC(=O)N[C@@H](C)c2ccccc2)c1. The molecule has 2 aromatic rings. The van der Waals surface area contributed by atoms with Gasteiger partial charge in [-0.2, -0.15) is 0 Å². The zero-order valence-electron chi connectivity index (χ0n) is 13.7. The smallest absolute Gasteiger partial charge is 0.319 e. The Morgan fingerprint density at radius 3 is 2.33 bits per heavy atom. The topological polar surface area (TPSA) is 79.5 Å². The average Bonchev–Trinajstić information content (AvgIpc) is 2.56. The molecule has 0 spiro atoms. The number of anilines is 2. The van der Waals surface area contributed by atoms with E-state index >= 15 is 0 Å². The number of amides is 3. The minimum atomic E-state index is -0.313. The van der Waals surface area contributed by atoms with Gasteiger partial charge in [-0.05, 0) is 30.7 Å². The molecule has 0 aliphatic heterocycles. The van der Waals surface area contributed by atoms with Gasteiger partial charge in [-0.3, -0.25) is 4.79 Å². The maximum Gasteiger partial charge on any atom is 0.319 e. The molecule has 3 N–H and O–H groups in total. The van der Waals surface area contributed by atoms with E-state index in [0.29, 0.717) is 11.4 Å². The molecule has 0 bridgehead atoms. The Balaban J connectivity index is 1.93. The van der Waals surface area contributed by atoms with E-state index in [1.54, 1.807) is 24.3 Å². The van der Waals surface area contributed by atoms with E-state index in [-0.39, 0.29) is 24.6 Å². The van der Waals surface area contributed by atoms with Crippen LogP contribution in [0.1, 0.15) is 18.5 Å². The summed E-state index contributed by atoms with van der Waals surface area (Å²) >= 11 is 0. The van der Waals surface area contributed by atoms with Gasteiger partial charge in [0.05, 0.1) is 6.04 Å². The number of benzene rings is 2. The van der Waals surface area contributed by atoms with Crippen molar-refractivity contribution in [2.75, 3.05) is 24.4 Å². The first-order valence-corrected chi connectivity index (χ1v) is 7.60. The molecule has 0 heterocycles. The number of ether oxygens (including phenoxy) is 1. The Hall–Kier alpha value is -2.86. The standard InChI is InChI=1S/C18H21N3O3/c1-13(14-7-4-3-5-8-14)19-18(23)21-16-10-6-9-15(11-16)20-17(22)12-24-2/h3-11,13H,12H2,1-2H3,(H,20,22)(H2,19,21,23)/t13-/m0/s1. The maximum absolute atomic E-state index is 12.1. The van der Waals surface area contributed by atoms with E-state index in [9.17, 15) is 9.59 Å². The number of hydrogen-bond donors (Lipinski definition) is 3. The summed E-state index contributed by atoms with van der Waals surface area (Å²) in [6.07, 6.45) is 0. The van der Waals surface area contributed by atoms with E-state index < -0.39 is 0 Å². The quantitative estimate of drug-likeness (QED) is 0.762. The van der Waals surface area contributed by atoms with Crippen LogP contribution in [0.3, 0.4) is 0 Å². The summed E-state index contributed by atoms with van der Waals surface area (Å²) in [7, 11) is 1.45. The Morgan fingerprint density at radius 1 is 1.00 bits per heavy atom. The largest absolute Gasteiger partial charge is 0.375 e. The highest BCUT2D eigenvalue weighted by molar-refractivity contribution is 5.94. The van der Waals surface area contributed by atoms with Gasteiger partial charge in [0.25, 0.3) is 0 Å². The van der Waals surface area contributed by atoms with Crippen LogP contribution in [0.2, 0.25) is 0 Å². The van der Waals surface area contributed by atoms with Crippen molar-refractivity contribution in [1.29, 1.82) is 0 Å². The van der Waals surface area contributed by atoms with Crippen molar-refractivity contribution in [2.24, 2.45) is 0 Å². The fourth-order valence-corrected chi connectivity index (χ4v) is 2.19. The monoisotopic (exact) mass is 327 g/mol. The molecule has 0 radical (unpaired) electrons. The number of urea groups is 1. The lowest BCUT2D eigenvalue weighted by molar-refractivity contribution is -0.119. The Kier molecular flexibility index (Phi) is 6.33. The summed E-state index contributed by atoms with van der Waals surface area (Å²) in [5, 5.41) is 8.31. The molecule has 3 amide bonds. The minimum Gasteiger partial charge on any atom is -0.375 e. The Morgan fingerprint density at radius 2 is 1.67 bits per heavy atom. The zero-order valence-corrected chi connectivity index (χ0v) is 13.7. The number of nitrogens with one attached hydrogen (secondary N) is 3. The second-order valence-corrected chi connectivity index (χ2v) is 5.29. The third-order valence-corrected chi connectivity index (χ3v) is 3.33. The molecule has 0 saturated carbocycles. The highest BCUT2D eigenvalue weighted by Gasteiger charge is 2.09. The lowest BCUT2D eigenvalue weighted by Gasteiger charge is -2.15. The summed E-state index contributed by atoms with van der Waals surface area (Å²) in [5.74, 6) is -0.253. The molecule has 6 heteroatoms. The van der Waals surface area contributed by atoms with E-state index in [1.165, 1.54) is 7.11 Å². The molecule has 0 aliphatic rings. The first kappa shape index (κ1) is 17.5. The zero-order chi connectivity index (χ0) is 17.4. The molecule has 0 fully saturated rings. The Bertz CT molecular complexity index is 689. The highest BCUT2D eigenvalue weighted by Crippen LogP contribution is 2.16. The number of rotatable bonds is 6. The predicted molar refractivity (Wildman–Crippen MR) is 94.0 cm³/mol. The van der Waals surface area contributed by atoms with Crippen LogP contribution in [0.25, 0.3) is 0 Å². The number of methoxy groups -OCH3 is 1. The van der Waals surface area contributed by atoms with Gasteiger partial charge in [-0.25, -0.2) is 4.79 Å². The molecule has 0 aromatic heterocycles. The third-order valence-electron chi connectivity index (χ3n) is 3.33. The van der Waals surface area contributed by atoms with Crippen LogP contribution in [0, 0.1) is 0 Å². The van der Waals surface area contributed by atoms with Gasteiger partial charge in [0.15, 0.2) is 0 Å². The fourth-order valence-electron chi connectivity index (χ4n) is 2.19. The maximum atomic E-state index is 12.1. The van der Waals surface area contributed by atoms with E-state index in [1.807, 2.05) is 37.3 Å². The molecule has 6 nitrogen and oxygen atoms in total. The van der Waals surface area contributed by atoms with Crippen LogP contribution < -0.4 is 16.0 Å². The van der Waals surface area contributed by atoms with Gasteiger partial charge in [-0.15, -0.1) is 0 Å². The van der Waals surface area contributed by atoms with Crippen LogP contribution in [-0.2, 0) is 9.53 Å². The van der Waals surface area contributed by atoms with Gasteiger partial charge in [-0.1, -0.05) is 36.4 Å². The normalized spacial score (nSPS) is 11.4. The van der Waals surface area contributed by atoms with Crippen molar-refractivity contribution < 1.29 is 14.3 Å². The molecule has 2 rings (SSSR count). The van der Waals surface area contributed by atoms with Gasteiger partial charge < -0.3 is 20.7 Å². The van der Waals surface area contributed by atoms with Crippen molar-refractivity contribution in [3.8, 4) is 0 Å². The van der Waals surface area contributed by atoms with Crippen molar-refractivity contribution in [3.63, 3.8) is 0 Å². The third kappa shape index (κ3) is 5.40. The second kappa shape index (κ2) is 8.69. The lowest BCUT2D eigenvalue weighted by Crippen LogP contribution is -2.31. The van der Waals surface area contributed by atoms with Gasteiger partial charge >= 0.3 is 6.03 Å². The molecular weight excluding hydrogens is 306 g/mol. The molecule has 0 aliphatic carbocycles. The Labute approximate surface area is 141 Å². The highest BCUT2D eigenvalue weighted by atomic mass is 16.5. The van der Waals surface area contributed by atoms with Crippen LogP contribution >= 0.6 is 0 Å². The number of carbonyl (C=O) groups excluding carboxylic acids is 2. The molecule has 0 unspecified atom stereocenters. The van der Waals surface area contributed by atoms with Crippen LogP contribution in [0.4, 0.5) is 16.2 Å². The first-order valence-electron chi connectivity index (χ1n) is 7.60. The molecule has 1 atom stereocenters. The predicted octanol–water partition coefficient (Wildman–Crippen LogP) is 3.15. The molecule has 2 aromatic carbocycles. The van der Waals surface area contributed by atoms with Crippen LogP contribution in [0.5, 0.6) is 0 Å². The van der Waals surface area contributed by atoms with E-state index in [2.05, 4.69) is 16.0 Å². The second-order valence-electron chi connectivity index (χ2n) is 5.29. The average molecular weight is 327 g/mol.